The number of nitrogens with two attached hydrogens (primary N) is 1. The highest BCUT2D eigenvalue weighted by Crippen LogP contribution is 2.17. The Morgan fingerprint density at radius 1 is 1.40 bits per heavy atom. The van der Waals surface area contributed by atoms with Gasteiger partial charge in [-0.1, -0.05) is 0 Å². The zero-order chi connectivity index (χ0) is 11.1. The Hall–Kier alpha value is -0.160. The van der Waals surface area contributed by atoms with Crippen LogP contribution in [0.25, 0.3) is 0 Å². The van der Waals surface area contributed by atoms with E-state index in [1.54, 1.807) is 7.11 Å². The number of ether oxygens (including phenoxy) is 1. The molecule has 1 saturated carbocycles. The molecule has 0 radical (unpaired) electrons. The fraction of sp³-hybridized carbons (Fsp3) is 1.00. The van der Waals surface area contributed by atoms with Crippen molar-refractivity contribution >= 4 is 0 Å². The first kappa shape index (κ1) is 12.9. The Balaban J connectivity index is 2.24. The lowest BCUT2D eigenvalue weighted by Crippen LogP contribution is -2.44. The van der Waals surface area contributed by atoms with Crippen LogP contribution in [0.2, 0.25) is 0 Å². The molecule has 1 aliphatic rings. The maximum atomic E-state index is 8.92. The van der Waals surface area contributed by atoms with Crippen molar-refractivity contribution in [2.24, 2.45) is 5.73 Å². The van der Waals surface area contributed by atoms with E-state index < -0.39 is 0 Å². The second-order valence-corrected chi connectivity index (χ2v) is 4.44. The minimum atomic E-state index is 0.216. The molecule has 1 fully saturated rings. The van der Waals surface area contributed by atoms with E-state index in [2.05, 4.69) is 5.32 Å². The van der Waals surface area contributed by atoms with Gasteiger partial charge in [0, 0.05) is 31.8 Å². The highest BCUT2D eigenvalue weighted by molar-refractivity contribution is 4.81. The molecule has 0 amide bonds. The van der Waals surface area contributed by atoms with Crippen LogP contribution >= 0.6 is 0 Å². The second-order valence-electron chi connectivity index (χ2n) is 4.44. The largest absolute Gasteiger partial charge is 0.396 e. The van der Waals surface area contributed by atoms with Gasteiger partial charge in [-0.2, -0.15) is 0 Å². The van der Waals surface area contributed by atoms with Crippen molar-refractivity contribution in [2.45, 2.75) is 50.2 Å². The number of aliphatic hydroxyl groups is 1. The van der Waals surface area contributed by atoms with Crippen molar-refractivity contribution < 1.29 is 9.84 Å². The number of hydrogen-bond donors (Lipinski definition) is 3. The van der Waals surface area contributed by atoms with Crippen molar-refractivity contribution in [1.82, 2.24) is 5.32 Å². The molecule has 0 spiro atoms. The number of aliphatic hydroxyl groups excluding tert-OH is 1. The molecule has 0 aromatic carbocycles. The average molecular weight is 216 g/mol. The molecular weight excluding hydrogens is 192 g/mol. The van der Waals surface area contributed by atoms with Gasteiger partial charge in [0.25, 0.3) is 0 Å². The quantitative estimate of drug-likeness (QED) is 0.595. The molecular formula is C11H24N2O2. The summed E-state index contributed by atoms with van der Waals surface area (Å²) in [6, 6.07) is 1.22. The Labute approximate surface area is 92.2 Å². The summed E-state index contributed by atoms with van der Waals surface area (Å²) in [7, 11) is 1.70. The molecule has 90 valence electrons. The topological polar surface area (TPSA) is 67.5 Å². The van der Waals surface area contributed by atoms with Gasteiger partial charge in [0.2, 0.25) is 0 Å². The zero-order valence-corrected chi connectivity index (χ0v) is 9.61. The van der Waals surface area contributed by atoms with Crippen LogP contribution in [0.5, 0.6) is 0 Å². The maximum Gasteiger partial charge on any atom is 0.0616 e. The molecule has 15 heavy (non-hydrogen) atoms. The summed E-state index contributed by atoms with van der Waals surface area (Å²) >= 11 is 0. The monoisotopic (exact) mass is 216 g/mol. The average Bonchev–Trinajstić information content (AvgIpc) is 2.22. The predicted molar refractivity (Wildman–Crippen MR) is 60.7 cm³/mol. The van der Waals surface area contributed by atoms with Gasteiger partial charge in [-0.3, -0.25) is 0 Å². The van der Waals surface area contributed by atoms with Crippen LogP contribution in [0.15, 0.2) is 0 Å². The Bertz CT molecular complexity index is 153. The summed E-state index contributed by atoms with van der Waals surface area (Å²) in [6.45, 7) is 0.885. The van der Waals surface area contributed by atoms with Crippen LogP contribution in [0, 0.1) is 0 Å². The highest BCUT2D eigenvalue weighted by atomic mass is 16.5. The first-order valence-corrected chi connectivity index (χ1v) is 5.87. The van der Waals surface area contributed by atoms with Crippen LogP contribution in [0.3, 0.4) is 0 Å². The Morgan fingerprint density at radius 3 is 2.60 bits per heavy atom. The van der Waals surface area contributed by atoms with E-state index in [0.29, 0.717) is 18.7 Å². The number of hydrogen-bond acceptors (Lipinski definition) is 4. The van der Waals surface area contributed by atoms with Crippen molar-refractivity contribution in [3.05, 3.63) is 0 Å². The van der Waals surface area contributed by atoms with Crippen LogP contribution in [0.1, 0.15) is 32.1 Å². The maximum absolute atomic E-state index is 8.92. The summed E-state index contributed by atoms with van der Waals surface area (Å²) < 4.78 is 5.12. The van der Waals surface area contributed by atoms with E-state index >= 15 is 0 Å². The molecule has 0 aromatic heterocycles. The van der Waals surface area contributed by atoms with Crippen molar-refractivity contribution in [2.75, 3.05) is 20.3 Å². The lowest BCUT2D eigenvalue weighted by Gasteiger charge is -2.30. The van der Waals surface area contributed by atoms with Gasteiger partial charge in [0.1, 0.15) is 0 Å². The third kappa shape index (κ3) is 4.93. The normalized spacial score (nSPS) is 29.0. The number of methoxy groups -OCH3 is 1. The fourth-order valence-electron chi connectivity index (χ4n) is 2.19. The molecule has 1 rings (SSSR count). The van der Waals surface area contributed by atoms with Crippen molar-refractivity contribution in [1.29, 1.82) is 0 Å². The summed E-state index contributed by atoms with van der Waals surface area (Å²) in [6.07, 6.45) is 5.27. The zero-order valence-electron chi connectivity index (χ0n) is 9.61. The molecule has 0 heterocycles. The van der Waals surface area contributed by atoms with Gasteiger partial charge in [0.05, 0.1) is 6.61 Å². The molecule has 0 aromatic rings. The van der Waals surface area contributed by atoms with Gasteiger partial charge in [0.15, 0.2) is 0 Å². The summed E-state index contributed by atoms with van der Waals surface area (Å²) in [4.78, 5) is 0. The number of nitrogens with one attached hydrogen (secondary N) is 1. The standard InChI is InChI=1S/C11H24N2O2/c1-15-8-11(6-7-14)13-10-4-2-9(12)3-5-10/h9-11,13-14H,2-8,12H2,1H3. The minimum absolute atomic E-state index is 0.216. The second kappa shape index (κ2) is 7.17. The first-order chi connectivity index (χ1) is 7.26. The van der Waals surface area contributed by atoms with Gasteiger partial charge < -0.3 is 20.9 Å². The van der Waals surface area contributed by atoms with Crippen molar-refractivity contribution in [3.8, 4) is 0 Å². The van der Waals surface area contributed by atoms with Crippen molar-refractivity contribution in [3.63, 3.8) is 0 Å². The van der Waals surface area contributed by atoms with Gasteiger partial charge in [-0.25, -0.2) is 0 Å². The molecule has 4 heteroatoms. The smallest absolute Gasteiger partial charge is 0.0616 e. The van der Waals surface area contributed by atoms with E-state index in [1.807, 2.05) is 0 Å². The summed E-state index contributed by atoms with van der Waals surface area (Å²) in [5, 5.41) is 12.5. The Kier molecular flexibility index (Phi) is 6.17. The van der Waals surface area contributed by atoms with E-state index in [-0.39, 0.29) is 12.6 Å². The molecule has 1 aliphatic carbocycles. The molecule has 0 bridgehead atoms. The van der Waals surface area contributed by atoms with Crippen LogP contribution in [-0.4, -0.2) is 43.6 Å². The van der Waals surface area contributed by atoms with Gasteiger partial charge in [-0.05, 0) is 32.1 Å². The van der Waals surface area contributed by atoms with Crippen LogP contribution in [-0.2, 0) is 4.74 Å². The lowest BCUT2D eigenvalue weighted by atomic mass is 9.91. The van der Waals surface area contributed by atoms with E-state index in [4.69, 9.17) is 15.6 Å². The molecule has 0 aliphatic heterocycles. The summed E-state index contributed by atoms with van der Waals surface area (Å²) in [5.41, 5.74) is 5.85. The molecule has 4 nitrogen and oxygen atoms in total. The number of rotatable bonds is 6. The Morgan fingerprint density at radius 2 is 2.07 bits per heavy atom. The molecule has 1 unspecified atom stereocenters. The SMILES string of the molecule is COCC(CCO)NC1CCC(N)CC1. The molecule has 1 atom stereocenters. The van der Waals surface area contributed by atoms with E-state index in [1.165, 1.54) is 0 Å². The van der Waals surface area contributed by atoms with Crippen LogP contribution < -0.4 is 11.1 Å². The predicted octanol–water partition coefficient (Wildman–Crippen LogP) is 0.243. The molecule has 0 saturated heterocycles. The van der Waals surface area contributed by atoms with E-state index in [0.717, 1.165) is 32.1 Å². The highest BCUT2D eigenvalue weighted by Gasteiger charge is 2.20. The fourth-order valence-corrected chi connectivity index (χ4v) is 2.19. The van der Waals surface area contributed by atoms with Gasteiger partial charge in [-0.15, -0.1) is 0 Å². The lowest BCUT2D eigenvalue weighted by molar-refractivity contribution is 0.137. The third-order valence-corrected chi connectivity index (χ3v) is 3.09. The minimum Gasteiger partial charge on any atom is -0.396 e. The van der Waals surface area contributed by atoms with E-state index in [9.17, 15) is 0 Å². The summed E-state index contributed by atoms with van der Waals surface area (Å²) in [5.74, 6) is 0. The van der Waals surface area contributed by atoms with Crippen LogP contribution in [0.4, 0.5) is 0 Å². The van der Waals surface area contributed by atoms with Gasteiger partial charge >= 0.3 is 0 Å². The molecule has 4 N–H and O–H groups in total. The first-order valence-electron chi connectivity index (χ1n) is 5.87. The third-order valence-electron chi connectivity index (χ3n) is 3.09.